The summed E-state index contributed by atoms with van der Waals surface area (Å²) in [5.74, 6) is 0. The lowest BCUT2D eigenvalue weighted by atomic mass is 10.1. The van der Waals surface area contributed by atoms with Gasteiger partial charge in [0.05, 0.1) is 6.61 Å². The lowest BCUT2D eigenvalue weighted by Gasteiger charge is -2.32. The summed E-state index contributed by atoms with van der Waals surface area (Å²) in [4.78, 5) is 27.0. The Morgan fingerprint density at radius 3 is 2.42 bits per heavy atom. The minimum atomic E-state index is -0.248. The fourth-order valence-electron chi connectivity index (χ4n) is 2.33. The Kier molecular flexibility index (Phi) is 4.50. The molecule has 0 bridgehead atoms. The first-order valence-corrected chi connectivity index (χ1v) is 7.06. The molecule has 1 heterocycles. The molecule has 6 heteroatoms. The average Bonchev–Trinajstić information content (AvgIpc) is 3.23. The Balaban J connectivity index is 1.71. The average molecular weight is 269 g/mol. The minimum absolute atomic E-state index is 0.0112. The molecule has 0 radical (unpaired) electrons. The molecule has 0 spiro atoms. The highest BCUT2D eigenvalue weighted by molar-refractivity contribution is 5.75. The van der Waals surface area contributed by atoms with Crippen LogP contribution in [0.15, 0.2) is 0 Å². The lowest BCUT2D eigenvalue weighted by Crippen LogP contribution is -2.49. The summed E-state index contributed by atoms with van der Waals surface area (Å²) < 4.78 is 4.97. The Bertz CT molecular complexity index is 336. The first-order chi connectivity index (χ1) is 9.11. The number of likely N-dealkylation sites (tertiary alicyclic amines) is 1. The van der Waals surface area contributed by atoms with Gasteiger partial charge in [0.2, 0.25) is 0 Å². The summed E-state index contributed by atoms with van der Waals surface area (Å²) in [6.07, 6.45) is 3.57. The standard InChI is InChI=1S/C13H23N3O3/c1-3-19-13(18)16-8-6-10(7-9-16)14-12(17)15(2)11-4-5-11/h10-11H,3-9H2,1-2H3,(H,14,17). The van der Waals surface area contributed by atoms with E-state index in [1.165, 1.54) is 0 Å². The Hall–Kier alpha value is -1.46. The van der Waals surface area contributed by atoms with E-state index in [1.54, 1.807) is 16.7 Å². The molecule has 3 amide bonds. The van der Waals surface area contributed by atoms with Crippen molar-refractivity contribution in [3.8, 4) is 0 Å². The van der Waals surface area contributed by atoms with Crippen LogP contribution in [0, 0.1) is 0 Å². The molecule has 0 aromatic carbocycles. The molecule has 19 heavy (non-hydrogen) atoms. The van der Waals surface area contributed by atoms with Gasteiger partial charge in [0.25, 0.3) is 0 Å². The van der Waals surface area contributed by atoms with E-state index >= 15 is 0 Å². The van der Waals surface area contributed by atoms with Crippen molar-refractivity contribution >= 4 is 12.1 Å². The van der Waals surface area contributed by atoms with Gasteiger partial charge in [-0.2, -0.15) is 0 Å². The van der Waals surface area contributed by atoms with Crippen molar-refractivity contribution in [2.75, 3.05) is 26.7 Å². The maximum Gasteiger partial charge on any atom is 0.409 e. The van der Waals surface area contributed by atoms with Crippen LogP contribution in [0.25, 0.3) is 0 Å². The van der Waals surface area contributed by atoms with Crippen LogP contribution in [0.4, 0.5) is 9.59 Å². The third kappa shape index (κ3) is 3.75. The Morgan fingerprint density at radius 1 is 1.26 bits per heavy atom. The summed E-state index contributed by atoms with van der Waals surface area (Å²) in [6.45, 7) is 3.51. The lowest BCUT2D eigenvalue weighted by molar-refractivity contribution is 0.0952. The van der Waals surface area contributed by atoms with E-state index in [0.717, 1.165) is 25.7 Å². The van der Waals surface area contributed by atoms with E-state index in [0.29, 0.717) is 25.7 Å². The smallest absolute Gasteiger partial charge is 0.409 e. The van der Waals surface area contributed by atoms with Crippen LogP contribution in [0.5, 0.6) is 0 Å². The highest BCUT2D eigenvalue weighted by Crippen LogP contribution is 2.25. The first-order valence-electron chi connectivity index (χ1n) is 7.06. The topological polar surface area (TPSA) is 61.9 Å². The van der Waals surface area contributed by atoms with Gasteiger partial charge in [0.1, 0.15) is 0 Å². The molecule has 2 rings (SSSR count). The SMILES string of the molecule is CCOC(=O)N1CCC(NC(=O)N(C)C2CC2)CC1. The number of hydrogen-bond donors (Lipinski definition) is 1. The number of amides is 3. The predicted molar refractivity (Wildman–Crippen MR) is 70.9 cm³/mol. The molecule has 108 valence electrons. The van der Waals surface area contributed by atoms with Gasteiger partial charge in [-0.1, -0.05) is 0 Å². The zero-order valence-corrected chi connectivity index (χ0v) is 11.7. The summed E-state index contributed by atoms with van der Waals surface area (Å²) in [5, 5.41) is 3.04. The molecule has 1 aliphatic heterocycles. The number of urea groups is 1. The minimum Gasteiger partial charge on any atom is -0.450 e. The van der Waals surface area contributed by atoms with Crippen molar-refractivity contribution in [1.29, 1.82) is 0 Å². The van der Waals surface area contributed by atoms with Crippen LogP contribution in [0.1, 0.15) is 32.6 Å². The van der Waals surface area contributed by atoms with Crippen LogP contribution in [0.2, 0.25) is 0 Å². The van der Waals surface area contributed by atoms with E-state index in [4.69, 9.17) is 4.74 Å². The van der Waals surface area contributed by atoms with Gasteiger partial charge in [-0.15, -0.1) is 0 Å². The first kappa shape index (κ1) is 14.0. The van der Waals surface area contributed by atoms with Crippen LogP contribution in [-0.2, 0) is 4.74 Å². The zero-order chi connectivity index (χ0) is 13.8. The maximum absolute atomic E-state index is 11.9. The summed E-state index contributed by atoms with van der Waals surface area (Å²) in [7, 11) is 1.85. The molecule has 2 aliphatic rings. The van der Waals surface area contributed by atoms with Crippen molar-refractivity contribution in [3.05, 3.63) is 0 Å². The monoisotopic (exact) mass is 269 g/mol. The number of rotatable bonds is 3. The number of piperidine rings is 1. The summed E-state index contributed by atoms with van der Waals surface area (Å²) in [6, 6.07) is 0.607. The molecule has 0 aromatic rings. The van der Waals surface area contributed by atoms with E-state index < -0.39 is 0 Å². The second-order valence-corrected chi connectivity index (χ2v) is 5.25. The number of carbonyl (C=O) groups excluding carboxylic acids is 2. The maximum atomic E-state index is 11.9. The fraction of sp³-hybridized carbons (Fsp3) is 0.846. The second-order valence-electron chi connectivity index (χ2n) is 5.25. The number of nitrogens with one attached hydrogen (secondary N) is 1. The van der Waals surface area contributed by atoms with Crippen molar-refractivity contribution in [2.24, 2.45) is 0 Å². The molecule has 1 aliphatic carbocycles. The number of nitrogens with zero attached hydrogens (tertiary/aromatic N) is 2. The van der Waals surface area contributed by atoms with Gasteiger partial charge in [-0.3, -0.25) is 0 Å². The van der Waals surface area contributed by atoms with Gasteiger partial charge >= 0.3 is 12.1 Å². The quantitative estimate of drug-likeness (QED) is 0.842. The number of carbonyl (C=O) groups is 2. The van der Waals surface area contributed by atoms with Gasteiger partial charge in [-0.25, -0.2) is 9.59 Å². The van der Waals surface area contributed by atoms with Gasteiger partial charge < -0.3 is 19.9 Å². The van der Waals surface area contributed by atoms with Crippen LogP contribution < -0.4 is 5.32 Å². The van der Waals surface area contributed by atoms with E-state index in [9.17, 15) is 9.59 Å². The van der Waals surface area contributed by atoms with Gasteiger partial charge in [-0.05, 0) is 32.6 Å². The van der Waals surface area contributed by atoms with Gasteiger partial charge in [0.15, 0.2) is 0 Å². The van der Waals surface area contributed by atoms with E-state index in [2.05, 4.69) is 5.32 Å². The van der Waals surface area contributed by atoms with Crippen molar-refractivity contribution < 1.29 is 14.3 Å². The molecule has 1 saturated carbocycles. The van der Waals surface area contributed by atoms with Crippen molar-refractivity contribution in [3.63, 3.8) is 0 Å². The number of hydrogen-bond acceptors (Lipinski definition) is 3. The van der Waals surface area contributed by atoms with Crippen LogP contribution in [-0.4, -0.2) is 60.8 Å². The molecule has 2 fully saturated rings. The molecule has 0 atom stereocenters. The largest absolute Gasteiger partial charge is 0.450 e. The third-order valence-electron chi connectivity index (χ3n) is 3.76. The number of ether oxygens (including phenoxy) is 1. The highest BCUT2D eigenvalue weighted by atomic mass is 16.6. The molecule has 1 saturated heterocycles. The van der Waals surface area contributed by atoms with Crippen LogP contribution in [0.3, 0.4) is 0 Å². The molecular formula is C13H23N3O3. The Labute approximate surface area is 114 Å². The van der Waals surface area contributed by atoms with E-state index in [1.807, 2.05) is 7.05 Å². The zero-order valence-electron chi connectivity index (χ0n) is 11.7. The highest BCUT2D eigenvalue weighted by Gasteiger charge is 2.31. The second kappa shape index (κ2) is 6.12. The fourth-order valence-corrected chi connectivity index (χ4v) is 2.33. The van der Waals surface area contributed by atoms with Crippen LogP contribution >= 0.6 is 0 Å². The molecule has 1 N–H and O–H groups in total. The molecular weight excluding hydrogens is 246 g/mol. The van der Waals surface area contributed by atoms with Gasteiger partial charge in [0, 0.05) is 32.2 Å². The summed E-state index contributed by atoms with van der Waals surface area (Å²) >= 11 is 0. The molecule has 0 aromatic heterocycles. The Morgan fingerprint density at radius 2 is 1.89 bits per heavy atom. The third-order valence-corrected chi connectivity index (χ3v) is 3.76. The molecule has 6 nitrogen and oxygen atoms in total. The van der Waals surface area contributed by atoms with Crippen molar-refractivity contribution in [1.82, 2.24) is 15.1 Å². The normalized spacial score (nSPS) is 20.0. The van der Waals surface area contributed by atoms with E-state index in [-0.39, 0.29) is 18.2 Å². The predicted octanol–water partition coefficient (Wildman–Crippen LogP) is 1.41. The molecule has 0 unspecified atom stereocenters. The van der Waals surface area contributed by atoms with Crippen molar-refractivity contribution in [2.45, 2.75) is 44.7 Å². The summed E-state index contributed by atoms with van der Waals surface area (Å²) in [5.41, 5.74) is 0.